The Bertz CT molecular complexity index is 391. The topological polar surface area (TPSA) is 73.6 Å². The summed E-state index contributed by atoms with van der Waals surface area (Å²) in [4.78, 5) is 27.2. The summed E-state index contributed by atoms with van der Waals surface area (Å²) in [5.74, 6) is 0.0331. The van der Waals surface area contributed by atoms with E-state index in [4.69, 9.17) is 10.00 Å². The van der Waals surface area contributed by atoms with E-state index in [1.54, 1.807) is 16.7 Å². The smallest absolute Gasteiger partial charge is 0.245 e. The first-order valence-corrected chi connectivity index (χ1v) is 6.23. The van der Waals surface area contributed by atoms with Crippen LogP contribution in [0.3, 0.4) is 0 Å². The molecule has 0 aromatic rings. The van der Waals surface area contributed by atoms with Crippen LogP contribution < -0.4 is 0 Å². The van der Waals surface area contributed by atoms with Crippen LogP contribution in [0.1, 0.15) is 19.8 Å². The normalized spacial score (nSPS) is 25.0. The SMILES string of the molecule is CC(C#N)OCCN1CC(=O)N2CCCC2C1=O. The Balaban J connectivity index is 1.88. The lowest BCUT2D eigenvalue weighted by Gasteiger charge is -2.36. The first-order valence-electron chi connectivity index (χ1n) is 6.23. The van der Waals surface area contributed by atoms with Gasteiger partial charge in [0, 0.05) is 13.1 Å². The Morgan fingerprint density at radius 3 is 3.06 bits per heavy atom. The van der Waals surface area contributed by atoms with Crippen molar-refractivity contribution in [1.29, 1.82) is 5.26 Å². The Morgan fingerprint density at radius 1 is 1.56 bits per heavy atom. The summed E-state index contributed by atoms with van der Waals surface area (Å²) < 4.78 is 5.21. The number of piperazine rings is 1. The van der Waals surface area contributed by atoms with E-state index in [2.05, 4.69) is 0 Å². The van der Waals surface area contributed by atoms with Crippen LogP contribution in [-0.2, 0) is 14.3 Å². The van der Waals surface area contributed by atoms with E-state index < -0.39 is 6.10 Å². The van der Waals surface area contributed by atoms with Crippen LogP contribution in [-0.4, -0.2) is 60.0 Å². The minimum absolute atomic E-state index is 0.0142. The third kappa shape index (κ3) is 2.46. The van der Waals surface area contributed by atoms with Gasteiger partial charge in [-0.2, -0.15) is 5.26 Å². The fourth-order valence-corrected chi connectivity index (χ4v) is 2.43. The average molecular weight is 251 g/mol. The maximum Gasteiger partial charge on any atom is 0.245 e. The molecule has 2 fully saturated rings. The Labute approximate surface area is 106 Å². The molecule has 2 heterocycles. The molecule has 0 radical (unpaired) electrons. The molecule has 2 unspecified atom stereocenters. The molecule has 0 N–H and O–H groups in total. The lowest BCUT2D eigenvalue weighted by atomic mass is 10.1. The standard InChI is InChI=1S/C12H17N3O3/c1-9(7-13)18-6-5-14-8-11(16)15-4-2-3-10(15)12(14)17/h9-10H,2-6,8H2,1H3. The largest absolute Gasteiger partial charge is 0.362 e. The van der Waals surface area contributed by atoms with Gasteiger partial charge < -0.3 is 14.5 Å². The van der Waals surface area contributed by atoms with Crippen LogP contribution in [0, 0.1) is 11.3 Å². The summed E-state index contributed by atoms with van der Waals surface area (Å²) in [6.07, 6.45) is 1.18. The number of ether oxygens (including phenoxy) is 1. The van der Waals surface area contributed by atoms with Gasteiger partial charge in [-0.25, -0.2) is 0 Å². The molecule has 0 bridgehead atoms. The molecular weight excluding hydrogens is 234 g/mol. The van der Waals surface area contributed by atoms with Gasteiger partial charge in [0.2, 0.25) is 11.8 Å². The van der Waals surface area contributed by atoms with E-state index in [1.807, 2.05) is 6.07 Å². The number of carbonyl (C=O) groups excluding carboxylic acids is 2. The highest BCUT2D eigenvalue weighted by molar-refractivity contribution is 5.95. The predicted molar refractivity (Wildman–Crippen MR) is 62.3 cm³/mol. The van der Waals surface area contributed by atoms with Crippen LogP contribution in [0.25, 0.3) is 0 Å². The van der Waals surface area contributed by atoms with Gasteiger partial charge in [0.15, 0.2) is 0 Å². The van der Waals surface area contributed by atoms with Gasteiger partial charge in [-0.3, -0.25) is 9.59 Å². The van der Waals surface area contributed by atoms with E-state index >= 15 is 0 Å². The van der Waals surface area contributed by atoms with Gasteiger partial charge in [0.05, 0.1) is 19.2 Å². The van der Waals surface area contributed by atoms with Crippen LogP contribution >= 0.6 is 0 Å². The number of nitrogens with zero attached hydrogens (tertiary/aromatic N) is 3. The fraction of sp³-hybridized carbons (Fsp3) is 0.750. The molecule has 6 nitrogen and oxygen atoms in total. The van der Waals surface area contributed by atoms with Crippen molar-refractivity contribution in [3.8, 4) is 6.07 Å². The van der Waals surface area contributed by atoms with Crippen molar-refractivity contribution >= 4 is 11.8 Å². The Hall–Kier alpha value is -1.61. The fourth-order valence-electron chi connectivity index (χ4n) is 2.43. The molecule has 98 valence electrons. The van der Waals surface area contributed by atoms with Crippen molar-refractivity contribution in [3.05, 3.63) is 0 Å². The molecule has 0 spiro atoms. The molecule has 0 aliphatic carbocycles. The number of fused-ring (bicyclic) bond motifs is 1. The third-order valence-corrected chi connectivity index (χ3v) is 3.41. The lowest BCUT2D eigenvalue weighted by Crippen LogP contribution is -2.57. The first kappa shape index (κ1) is 12.8. The minimum Gasteiger partial charge on any atom is -0.362 e. The monoisotopic (exact) mass is 251 g/mol. The summed E-state index contributed by atoms with van der Waals surface area (Å²) in [5, 5.41) is 8.57. The van der Waals surface area contributed by atoms with E-state index in [-0.39, 0.29) is 24.4 Å². The lowest BCUT2D eigenvalue weighted by molar-refractivity contribution is -0.154. The van der Waals surface area contributed by atoms with Gasteiger partial charge in [0.25, 0.3) is 0 Å². The maximum absolute atomic E-state index is 12.1. The van der Waals surface area contributed by atoms with Gasteiger partial charge in [-0.15, -0.1) is 0 Å². The van der Waals surface area contributed by atoms with Crippen molar-refractivity contribution < 1.29 is 14.3 Å². The van der Waals surface area contributed by atoms with Crippen LogP contribution in [0.5, 0.6) is 0 Å². The summed E-state index contributed by atoms with van der Waals surface area (Å²) in [7, 11) is 0. The van der Waals surface area contributed by atoms with Crippen LogP contribution in [0.15, 0.2) is 0 Å². The van der Waals surface area contributed by atoms with Crippen molar-refractivity contribution in [2.45, 2.75) is 31.9 Å². The predicted octanol–water partition coefficient (Wildman–Crippen LogP) is -0.252. The molecule has 6 heteroatoms. The zero-order valence-electron chi connectivity index (χ0n) is 10.5. The molecule has 0 saturated carbocycles. The highest BCUT2D eigenvalue weighted by atomic mass is 16.5. The molecule has 2 saturated heterocycles. The summed E-state index contributed by atoms with van der Waals surface area (Å²) in [5.41, 5.74) is 0. The minimum atomic E-state index is -0.483. The Kier molecular flexibility index (Phi) is 3.82. The van der Waals surface area contributed by atoms with E-state index in [0.29, 0.717) is 19.7 Å². The molecule has 0 aromatic heterocycles. The number of nitriles is 1. The molecule has 2 aliphatic rings. The highest BCUT2D eigenvalue weighted by Gasteiger charge is 2.41. The number of amides is 2. The second kappa shape index (κ2) is 5.36. The number of carbonyl (C=O) groups is 2. The molecule has 18 heavy (non-hydrogen) atoms. The van der Waals surface area contributed by atoms with Gasteiger partial charge in [0.1, 0.15) is 12.1 Å². The maximum atomic E-state index is 12.1. The quantitative estimate of drug-likeness (QED) is 0.690. The summed E-state index contributed by atoms with van der Waals surface area (Å²) in [6.45, 7) is 3.16. The molecular formula is C12H17N3O3. The van der Waals surface area contributed by atoms with Gasteiger partial charge in [-0.1, -0.05) is 0 Å². The van der Waals surface area contributed by atoms with Crippen molar-refractivity contribution in [3.63, 3.8) is 0 Å². The second-order valence-corrected chi connectivity index (χ2v) is 4.65. The van der Waals surface area contributed by atoms with Crippen molar-refractivity contribution in [2.24, 2.45) is 0 Å². The van der Waals surface area contributed by atoms with Crippen molar-refractivity contribution in [2.75, 3.05) is 26.2 Å². The number of hydrogen-bond acceptors (Lipinski definition) is 4. The van der Waals surface area contributed by atoms with Crippen molar-refractivity contribution in [1.82, 2.24) is 9.80 Å². The van der Waals surface area contributed by atoms with Crippen LogP contribution in [0.4, 0.5) is 0 Å². The second-order valence-electron chi connectivity index (χ2n) is 4.65. The zero-order valence-corrected chi connectivity index (χ0v) is 10.5. The van der Waals surface area contributed by atoms with Gasteiger partial charge >= 0.3 is 0 Å². The molecule has 2 aliphatic heterocycles. The average Bonchev–Trinajstić information content (AvgIpc) is 2.84. The third-order valence-electron chi connectivity index (χ3n) is 3.41. The molecule has 2 amide bonds. The van der Waals surface area contributed by atoms with E-state index in [1.165, 1.54) is 0 Å². The molecule has 2 atom stereocenters. The Morgan fingerprint density at radius 2 is 2.33 bits per heavy atom. The van der Waals surface area contributed by atoms with E-state index in [0.717, 1.165) is 12.8 Å². The number of hydrogen-bond donors (Lipinski definition) is 0. The molecule has 2 rings (SSSR count). The zero-order chi connectivity index (χ0) is 13.1. The summed E-state index contributed by atoms with van der Waals surface area (Å²) >= 11 is 0. The van der Waals surface area contributed by atoms with Crippen LogP contribution in [0.2, 0.25) is 0 Å². The van der Waals surface area contributed by atoms with E-state index in [9.17, 15) is 9.59 Å². The van der Waals surface area contributed by atoms with Gasteiger partial charge in [-0.05, 0) is 19.8 Å². The number of rotatable bonds is 4. The summed E-state index contributed by atoms with van der Waals surface area (Å²) in [6, 6.07) is 1.69. The molecule has 0 aromatic carbocycles. The highest BCUT2D eigenvalue weighted by Crippen LogP contribution is 2.23. The first-order chi connectivity index (χ1) is 8.63.